The number of ketones is 1. The quantitative estimate of drug-likeness (QED) is 0.823. The van der Waals surface area contributed by atoms with Gasteiger partial charge in [0.15, 0.2) is 5.78 Å². The monoisotopic (exact) mass is 248 g/mol. The molecule has 0 N–H and O–H groups in total. The molecule has 0 aliphatic rings. The molecule has 1 rings (SSSR count). The Morgan fingerprint density at radius 2 is 2.33 bits per heavy atom. The van der Waals surface area contributed by atoms with Crippen LogP contribution in [0.1, 0.15) is 17.9 Å². The molecule has 0 saturated carbocycles. The number of methoxy groups -OCH3 is 1. The van der Waals surface area contributed by atoms with Gasteiger partial charge in [-0.25, -0.2) is 0 Å². The van der Waals surface area contributed by atoms with Crippen LogP contribution in [-0.4, -0.2) is 12.9 Å². The standard InChI is InChI=1S/C8H9BrO2S/c1-5(10)8(11-2)6-3-4-7(9)12-6/h3-4,8H,1-2H3. The number of hydrogen-bond donors (Lipinski definition) is 0. The Morgan fingerprint density at radius 3 is 2.67 bits per heavy atom. The number of carbonyl (C=O) groups is 1. The first-order valence-corrected chi connectivity index (χ1v) is 5.04. The molecule has 0 aliphatic heterocycles. The van der Waals surface area contributed by atoms with Crippen LogP contribution < -0.4 is 0 Å². The molecule has 66 valence electrons. The number of Topliss-reactive ketones (excluding diaryl/α,β-unsaturated/α-hetero) is 1. The molecule has 1 heterocycles. The first-order valence-electron chi connectivity index (χ1n) is 3.43. The van der Waals surface area contributed by atoms with E-state index in [1.807, 2.05) is 12.1 Å². The maximum Gasteiger partial charge on any atom is 0.163 e. The molecule has 0 bridgehead atoms. The third-order valence-electron chi connectivity index (χ3n) is 1.46. The number of carbonyl (C=O) groups excluding carboxylic acids is 1. The van der Waals surface area contributed by atoms with Crippen LogP contribution in [0.25, 0.3) is 0 Å². The SMILES string of the molecule is COC(C(C)=O)c1ccc(Br)s1. The Kier molecular flexibility index (Phi) is 3.43. The zero-order chi connectivity index (χ0) is 9.14. The fraction of sp³-hybridized carbons (Fsp3) is 0.375. The summed E-state index contributed by atoms with van der Waals surface area (Å²) in [5.41, 5.74) is 0. The molecule has 0 spiro atoms. The summed E-state index contributed by atoms with van der Waals surface area (Å²) in [6.07, 6.45) is -0.402. The fourth-order valence-corrected chi connectivity index (χ4v) is 2.51. The van der Waals surface area contributed by atoms with Gasteiger partial charge in [0.05, 0.1) is 3.79 Å². The van der Waals surface area contributed by atoms with Crippen molar-refractivity contribution < 1.29 is 9.53 Å². The molecule has 1 atom stereocenters. The zero-order valence-electron chi connectivity index (χ0n) is 6.83. The highest BCUT2D eigenvalue weighted by atomic mass is 79.9. The van der Waals surface area contributed by atoms with Crippen LogP contribution in [0.5, 0.6) is 0 Å². The second kappa shape index (κ2) is 4.16. The van der Waals surface area contributed by atoms with Gasteiger partial charge in [-0.2, -0.15) is 0 Å². The van der Waals surface area contributed by atoms with Crippen LogP contribution in [0.15, 0.2) is 15.9 Å². The molecule has 0 aromatic carbocycles. The maximum atomic E-state index is 11.1. The van der Waals surface area contributed by atoms with Crippen LogP contribution >= 0.6 is 27.3 Å². The zero-order valence-corrected chi connectivity index (χ0v) is 9.24. The minimum absolute atomic E-state index is 0.0341. The Labute approximate surface area is 83.7 Å². The van der Waals surface area contributed by atoms with Crippen molar-refractivity contribution in [1.29, 1.82) is 0 Å². The normalized spacial score (nSPS) is 12.9. The summed E-state index contributed by atoms with van der Waals surface area (Å²) in [5, 5.41) is 0. The summed E-state index contributed by atoms with van der Waals surface area (Å²) < 4.78 is 6.07. The van der Waals surface area contributed by atoms with Crippen LogP contribution in [0.3, 0.4) is 0 Å². The maximum absolute atomic E-state index is 11.1. The largest absolute Gasteiger partial charge is 0.368 e. The minimum Gasteiger partial charge on any atom is -0.368 e. The lowest BCUT2D eigenvalue weighted by Crippen LogP contribution is -2.08. The smallest absolute Gasteiger partial charge is 0.163 e. The molecular weight excluding hydrogens is 240 g/mol. The summed E-state index contributed by atoms with van der Waals surface area (Å²) in [6, 6.07) is 3.80. The minimum atomic E-state index is -0.402. The van der Waals surface area contributed by atoms with Gasteiger partial charge in [0.1, 0.15) is 6.10 Å². The van der Waals surface area contributed by atoms with Crippen LogP contribution in [0.2, 0.25) is 0 Å². The van der Waals surface area contributed by atoms with E-state index >= 15 is 0 Å². The van der Waals surface area contributed by atoms with Gasteiger partial charge in [-0.15, -0.1) is 11.3 Å². The summed E-state index contributed by atoms with van der Waals surface area (Å²) in [6.45, 7) is 1.53. The van der Waals surface area contributed by atoms with Crippen molar-refractivity contribution in [2.24, 2.45) is 0 Å². The van der Waals surface area contributed by atoms with E-state index in [4.69, 9.17) is 4.74 Å². The van der Waals surface area contributed by atoms with Gasteiger partial charge in [-0.05, 0) is 35.0 Å². The van der Waals surface area contributed by atoms with Crippen LogP contribution in [0, 0.1) is 0 Å². The lowest BCUT2D eigenvalue weighted by molar-refractivity contribution is -0.126. The summed E-state index contributed by atoms with van der Waals surface area (Å²) in [4.78, 5) is 12.0. The number of thiophene rings is 1. The Balaban J connectivity index is 2.87. The Morgan fingerprint density at radius 1 is 1.67 bits per heavy atom. The highest BCUT2D eigenvalue weighted by Gasteiger charge is 2.17. The van der Waals surface area contributed by atoms with Gasteiger partial charge in [-0.3, -0.25) is 4.79 Å². The van der Waals surface area contributed by atoms with Crippen LogP contribution in [-0.2, 0) is 9.53 Å². The third-order valence-corrected chi connectivity index (χ3v) is 3.12. The molecule has 0 aliphatic carbocycles. The van der Waals surface area contributed by atoms with Gasteiger partial charge < -0.3 is 4.74 Å². The van der Waals surface area contributed by atoms with Crippen molar-refractivity contribution in [3.63, 3.8) is 0 Å². The third kappa shape index (κ3) is 2.15. The highest BCUT2D eigenvalue weighted by Crippen LogP contribution is 2.29. The van der Waals surface area contributed by atoms with Crippen molar-refractivity contribution >= 4 is 33.0 Å². The number of halogens is 1. The van der Waals surface area contributed by atoms with Crippen molar-refractivity contribution in [1.82, 2.24) is 0 Å². The predicted molar refractivity (Wildman–Crippen MR) is 52.5 cm³/mol. The molecule has 0 saturated heterocycles. The van der Waals surface area contributed by atoms with E-state index in [1.54, 1.807) is 7.11 Å². The van der Waals surface area contributed by atoms with E-state index in [2.05, 4.69) is 15.9 Å². The molecule has 1 unspecified atom stereocenters. The Hall–Kier alpha value is -0.190. The molecule has 1 aromatic rings. The molecule has 0 amide bonds. The van der Waals surface area contributed by atoms with E-state index in [1.165, 1.54) is 18.3 Å². The second-order valence-electron chi connectivity index (χ2n) is 2.37. The van der Waals surface area contributed by atoms with Gasteiger partial charge >= 0.3 is 0 Å². The molecule has 1 aromatic heterocycles. The van der Waals surface area contributed by atoms with Crippen molar-refractivity contribution in [3.8, 4) is 0 Å². The summed E-state index contributed by atoms with van der Waals surface area (Å²) >= 11 is 4.85. The number of rotatable bonds is 3. The Bertz CT molecular complexity index is 282. The summed E-state index contributed by atoms with van der Waals surface area (Å²) in [7, 11) is 1.54. The van der Waals surface area contributed by atoms with Crippen LogP contribution in [0.4, 0.5) is 0 Å². The fourth-order valence-electron chi connectivity index (χ4n) is 0.952. The van der Waals surface area contributed by atoms with E-state index in [-0.39, 0.29) is 5.78 Å². The number of ether oxygens (including phenoxy) is 1. The second-order valence-corrected chi connectivity index (χ2v) is 4.86. The van der Waals surface area contributed by atoms with Gasteiger partial charge in [-0.1, -0.05) is 0 Å². The van der Waals surface area contributed by atoms with Gasteiger partial charge in [0.25, 0.3) is 0 Å². The molecule has 2 nitrogen and oxygen atoms in total. The molecule has 0 fully saturated rings. The molecule has 4 heteroatoms. The van der Waals surface area contributed by atoms with Gasteiger partial charge in [0.2, 0.25) is 0 Å². The lowest BCUT2D eigenvalue weighted by Gasteiger charge is -2.08. The van der Waals surface area contributed by atoms with Crippen molar-refractivity contribution in [3.05, 3.63) is 20.8 Å². The lowest BCUT2D eigenvalue weighted by atomic mass is 10.2. The van der Waals surface area contributed by atoms with E-state index < -0.39 is 6.10 Å². The number of hydrogen-bond acceptors (Lipinski definition) is 3. The summed E-state index contributed by atoms with van der Waals surface area (Å²) in [5.74, 6) is 0.0341. The van der Waals surface area contributed by atoms with Gasteiger partial charge in [0, 0.05) is 12.0 Å². The molecular formula is C8H9BrO2S. The first-order chi connectivity index (χ1) is 5.65. The topological polar surface area (TPSA) is 26.3 Å². The van der Waals surface area contributed by atoms with E-state index in [9.17, 15) is 4.79 Å². The van der Waals surface area contributed by atoms with E-state index in [0.29, 0.717) is 0 Å². The van der Waals surface area contributed by atoms with Crippen molar-refractivity contribution in [2.45, 2.75) is 13.0 Å². The molecule has 12 heavy (non-hydrogen) atoms. The first kappa shape index (κ1) is 9.89. The van der Waals surface area contributed by atoms with Crippen molar-refractivity contribution in [2.75, 3.05) is 7.11 Å². The average Bonchev–Trinajstić information content (AvgIpc) is 2.37. The van der Waals surface area contributed by atoms with E-state index in [0.717, 1.165) is 8.66 Å². The average molecular weight is 249 g/mol. The highest BCUT2D eigenvalue weighted by molar-refractivity contribution is 9.11. The molecule has 0 radical (unpaired) electrons. The predicted octanol–water partition coefficient (Wildman–Crippen LogP) is 2.79.